The molecule has 1 fully saturated rings. The van der Waals surface area contributed by atoms with Crippen molar-refractivity contribution in [3.63, 3.8) is 0 Å². The van der Waals surface area contributed by atoms with Crippen LogP contribution in [0.4, 0.5) is 0 Å². The van der Waals surface area contributed by atoms with Crippen LogP contribution in [0.25, 0.3) is 0 Å². The molecule has 1 unspecified atom stereocenters. The van der Waals surface area contributed by atoms with Gasteiger partial charge in [-0.2, -0.15) is 11.8 Å². The number of nitrogens with one attached hydrogen (secondary N) is 1. The third-order valence-electron chi connectivity index (χ3n) is 2.62. The van der Waals surface area contributed by atoms with Crippen molar-refractivity contribution in [2.75, 3.05) is 49.3 Å². The molecule has 0 aromatic carbocycles. The summed E-state index contributed by atoms with van der Waals surface area (Å²) in [4.78, 5) is 2.30. The minimum absolute atomic E-state index is 0.000512. The first kappa shape index (κ1) is 15.6. The van der Waals surface area contributed by atoms with E-state index in [4.69, 9.17) is 11.6 Å². The predicted octanol–water partition coefficient (Wildman–Crippen LogP) is 0.829. The number of hydrogen-bond acceptors (Lipinski definition) is 4. The van der Waals surface area contributed by atoms with Crippen LogP contribution >= 0.6 is 23.4 Å². The van der Waals surface area contributed by atoms with Gasteiger partial charge in [0.15, 0.2) is 0 Å². The van der Waals surface area contributed by atoms with Crippen LogP contribution in [0.1, 0.15) is 6.92 Å². The highest BCUT2D eigenvalue weighted by atomic mass is 35.5. The lowest BCUT2D eigenvalue weighted by molar-refractivity contribution is 0.307. The minimum Gasteiger partial charge on any atom is -0.300 e. The van der Waals surface area contributed by atoms with E-state index in [1.807, 2.05) is 18.7 Å². The monoisotopic (exact) mass is 300 g/mol. The highest BCUT2D eigenvalue weighted by Gasteiger charge is 2.15. The maximum absolute atomic E-state index is 11.6. The second-order valence-corrected chi connectivity index (χ2v) is 7.77. The molecule has 1 heterocycles. The Labute approximate surface area is 114 Å². The second kappa shape index (κ2) is 7.84. The van der Waals surface area contributed by atoms with Crippen molar-refractivity contribution in [1.82, 2.24) is 9.62 Å². The van der Waals surface area contributed by atoms with E-state index in [9.17, 15) is 8.42 Å². The predicted molar refractivity (Wildman–Crippen MR) is 75.4 cm³/mol. The Morgan fingerprint density at radius 3 is 2.65 bits per heavy atom. The minimum atomic E-state index is -3.16. The Bertz CT molecular complexity index is 305. The van der Waals surface area contributed by atoms with Gasteiger partial charge < -0.3 is 4.90 Å². The number of rotatable bonds is 7. The molecule has 0 radical (unpaired) electrons. The van der Waals surface area contributed by atoms with Gasteiger partial charge in [0.2, 0.25) is 10.0 Å². The fourth-order valence-electron chi connectivity index (χ4n) is 1.66. The summed E-state index contributed by atoms with van der Waals surface area (Å²) in [6.45, 7) is 5.26. The van der Waals surface area contributed by atoms with Gasteiger partial charge in [-0.05, 0) is 5.92 Å². The molecule has 0 bridgehead atoms. The molecule has 7 heteroatoms. The number of thioether (sulfide) groups is 1. The molecule has 4 nitrogen and oxygen atoms in total. The average molecular weight is 301 g/mol. The van der Waals surface area contributed by atoms with Crippen LogP contribution in [0.2, 0.25) is 0 Å². The van der Waals surface area contributed by atoms with Crippen molar-refractivity contribution in [3.8, 4) is 0 Å². The van der Waals surface area contributed by atoms with Crippen molar-refractivity contribution in [1.29, 1.82) is 0 Å². The SMILES string of the molecule is CC(CCl)CS(=O)(=O)NCCN1CCSCC1. The molecule has 1 atom stereocenters. The van der Waals surface area contributed by atoms with Gasteiger partial charge >= 0.3 is 0 Å². The molecular weight excluding hydrogens is 280 g/mol. The topological polar surface area (TPSA) is 49.4 Å². The summed E-state index contributed by atoms with van der Waals surface area (Å²) >= 11 is 7.57. The van der Waals surface area contributed by atoms with Gasteiger partial charge in [0.25, 0.3) is 0 Å². The normalized spacial score (nSPS) is 20.4. The smallest absolute Gasteiger partial charge is 0.211 e. The summed E-state index contributed by atoms with van der Waals surface area (Å²) < 4.78 is 25.9. The standard InChI is InChI=1S/C10H21ClN2O2S2/c1-10(8-11)9-17(14,15)12-2-3-13-4-6-16-7-5-13/h10,12H,2-9H2,1H3. The Morgan fingerprint density at radius 1 is 1.41 bits per heavy atom. The number of alkyl halides is 1. The van der Waals surface area contributed by atoms with Gasteiger partial charge in [-0.15, -0.1) is 11.6 Å². The van der Waals surface area contributed by atoms with Crippen molar-refractivity contribution in [3.05, 3.63) is 0 Å². The Balaban J connectivity index is 2.20. The highest BCUT2D eigenvalue weighted by molar-refractivity contribution is 7.99. The van der Waals surface area contributed by atoms with E-state index in [0.717, 1.165) is 31.1 Å². The van der Waals surface area contributed by atoms with Gasteiger partial charge in [0.05, 0.1) is 5.75 Å². The second-order valence-electron chi connectivity index (χ2n) is 4.39. The summed E-state index contributed by atoms with van der Waals surface area (Å²) in [6.07, 6.45) is 0. The average Bonchev–Trinajstić information content (AvgIpc) is 2.29. The number of halogens is 1. The van der Waals surface area contributed by atoms with Crippen LogP contribution in [-0.2, 0) is 10.0 Å². The quantitative estimate of drug-likeness (QED) is 0.708. The Morgan fingerprint density at radius 2 is 2.06 bits per heavy atom. The van der Waals surface area contributed by atoms with Gasteiger partial charge in [-0.3, -0.25) is 0 Å². The summed E-state index contributed by atoms with van der Waals surface area (Å²) in [5.74, 6) is 2.79. The van der Waals surface area contributed by atoms with Crippen molar-refractivity contribution in [2.24, 2.45) is 5.92 Å². The van der Waals surface area contributed by atoms with E-state index in [2.05, 4.69) is 9.62 Å². The van der Waals surface area contributed by atoms with Crippen LogP contribution < -0.4 is 4.72 Å². The van der Waals surface area contributed by atoms with Crippen LogP contribution in [0.15, 0.2) is 0 Å². The molecule has 1 saturated heterocycles. The van der Waals surface area contributed by atoms with Crippen LogP contribution in [0.5, 0.6) is 0 Å². The van der Waals surface area contributed by atoms with Gasteiger partial charge in [-0.1, -0.05) is 6.92 Å². The van der Waals surface area contributed by atoms with Crippen molar-refractivity contribution < 1.29 is 8.42 Å². The molecule has 0 aliphatic carbocycles. The lowest BCUT2D eigenvalue weighted by atomic mass is 10.3. The maximum Gasteiger partial charge on any atom is 0.211 e. The van der Waals surface area contributed by atoms with Gasteiger partial charge in [0, 0.05) is 43.6 Å². The summed E-state index contributed by atoms with van der Waals surface area (Å²) in [7, 11) is -3.16. The molecule has 17 heavy (non-hydrogen) atoms. The molecule has 1 N–H and O–H groups in total. The zero-order chi connectivity index (χ0) is 12.7. The third kappa shape index (κ3) is 6.86. The first-order valence-corrected chi connectivity index (χ1v) is 9.21. The molecule has 0 saturated carbocycles. The first-order chi connectivity index (χ1) is 8.03. The zero-order valence-corrected chi connectivity index (χ0v) is 12.6. The summed E-state index contributed by atoms with van der Waals surface area (Å²) in [5, 5.41) is 0. The van der Waals surface area contributed by atoms with E-state index < -0.39 is 10.0 Å². The van der Waals surface area contributed by atoms with Gasteiger partial charge in [0.1, 0.15) is 0 Å². The maximum atomic E-state index is 11.6. The zero-order valence-electron chi connectivity index (χ0n) is 10.2. The molecular formula is C10H21ClN2O2S2. The fourth-order valence-corrected chi connectivity index (χ4v) is 4.27. The lowest BCUT2D eigenvalue weighted by Crippen LogP contribution is -2.40. The number of sulfonamides is 1. The fraction of sp³-hybridized carbons (Fsp3) is 1.00. The van der Waals surface area contributed by atoms with Gasteiger partial charge in [-0.25, -0.2) is 13.1 Å². The number of hydrogen-bond donors (Lipinski definition) is 1. The van der Waals surface area contributed by atoms with E-state index in [0.29, 0.717) is 12.4 Å². The summed E-state index contributed by atoms with van der Waals surface area (Å²) in [5.41, 5.74) is 0. The van der Waals surface area contributed by atoms with Crippen molar-refractivity contribution in [2.45, 2.75) is 6.92 Å². The van der Waals surface area contributed by atoms with E-state index >= 15 is 0 Å². The summed E-state index contributed by atoms with van der Waals surface area (Å²) in [6, 6.07) is 0. The third-order valence-corrected chi connectivity index (χ3v) is 5.74. The molecule has 1 rings (SSSR count). The van der Waals surface area contributed by atoms with E-state index in [1.165, 1.54) is 0 Å². The molecule has 0 spiro atoms. The first-order valence-electron chi connectivity index (χ1n) is 5.87. The lowest BCUT2D eigenvalue weighted by Gasteiger charge is -2.26. The molecule has 102 valence electrons. The van der Waals surface area contributed by atoms with E-state index in [1.54, 1.807) is 0 Å². The molecule has 1 aliphatic heterocycles. The van der Waals surface area contributed by atoms with Crippen LogP contribution in [-0.4, -0.2) is 62.6 Å². The molecule has 0 amide bonds. The largest absolute Gasteiger partial charge is 0.300 e. The molecule has 1 aliphatic rings. The Kier molecular flexibility index (Phi) is 7.18. The highest BCUT2D eigenvalue weighted by Crippen LogP contribution is 2.08. The number of nitrogens with zero attached hydrogens (tertiary/aromatic N) is 1. The molecule has 0 aromatic rings. The van der Waals surface area contributed by atoms with Crippen molar-refractivity contribution >= 4 is 33.4 Å². The van der Waals surface area contributed by atoms with E-state index in [-0.39, 0.29) is 11.7 Å². The van der Waals surface area contributed by atoms with Crippen LogP contribution in [0, 0.1) is 5.92 Å². The van der Waals surface area contributed by atoms with Crippen LogP contribution in [0.3, 0.4) is 0 Å². The molecule has 0 aromatic heterocycles. The Hall–Kier alpha value is 0.510.